The van der Waals surface area contributed by atoms with Crippen LogP contribution in [0.2, 0.25) is 0 Å². The van der Waals surface area contributed by atoms with Gasteiger partial charge < -0.3 is 15.0 Å². The van der Waals surface area contributed by atoms with E-state index in [0.29, 0.717) is 37.9 Å². The number of piperidine rings is 1. The Morgan fingerprint density at radius 2 is 1.36 bits per heavy atom. The third kappa shape index (κ3) is 5.99. The van der Waals surface area contributed by atoms with Crippen LogP contribution in [0.3, 0.4) is 0 Å². The van der Waals surface area contributed by atoms with E-state index >= 15 is 0 Å². The Kier molecular flexibility index (Phi) is 8.29. The largest absolute Gasteiger partial charge is 0.379 e. The highest BCUT2D eigenvalue weighted by Crippen LogP contribution is 2.33. The maximum atomic E-state index is 13.3. The van der Waals surface area contributed by atoms with Crippen molar-refractivity contribution < 1.29 is 26.4 Å². The molecule has 212 valence electrons. The molecule has 12 heteroatoms. The molecule has 0 radical (unpaired) electrons. The quantitative estimate of drug-likeness (QED) is 0.539. The maximum absolute atomic E-state index is 13.3. The van der Waals surface area contributed by atoms with E-state index in [1.807, 2.05) is 0 Å². The third-order valence-corrected chi connectivity index (χ3v) is 11.6. The van der Waals surface area contributed by atoms with Crippen molar-refractivity contribution in [1.82, 2.24) is 8.61 Å². The van der Waals surface area contributed by atoms with E-state index in [1.54, 1.807) is 12.1 Å². The molecule has 2 aromatic rings. The number of amides is 1. The van der Waals surface area contributed by atoms with E-state index in [-0.39, 0.29) is 28.4 Å². The van der Waals surface area contributed by atoms with Crippen molar-refractivity contribution >= 4 is 37.3 Å². The third-order valence-electron chi connectivity index (χ3n) is 7.77. The molecule has 0 aromatic heterocycles. The number of nitrogens with one attached hydrogen (secondary N) is 1. The molecule has 5 rings (SSSR count). The summed E-state index contributed by atoms with van der Waals surface area (Å²) in [6, 6.07) is 10.8. The number of ether oxygens (including phenoxy) is 1. The molecule has 3 fully saturated rings. The minimum absolute atomic E-state index is 0.111. The predicted molar refractivity (Wildman–Crippen MR) is 149 cm³/mol. The van der Waals surface area contributed by atoms with E-state index in [2.05, 4.69) is 17.1 Å². The Labute approximate surface area is 231 Å². The van der Waals surface area contributed by atoms with Gasteiger partial charge >= 0.3 is 0 Å². The second-order valence-electron chi connectivity index (χ2n) is 10.5. The zero-order valence-corrected chi connectivity index (χ0v) is 23.8. The van der Waals surface area contributed by atoms with Gasteiger partial charge in [-0.1, -0.05) is 6.92 Å². The molecule has 0 spiro atoms. The first-order chi connectivity index (χ1) is 18.7. The molecule has 3 heterocycles. The van der Waals surface area contributed by atoms with Crippen LogP contribution in [0, 0.1) is 5.92 Å². The fourth-order valence-electron chi connectivity index (χ4n) is 5.29. The molecule has 3 aliphatic rings. The number of sulfonamides is 2. The molecule has 1 amide bonds. The zero-order valence-electron chi connectivity index (χ0n) is 22.2. The summed E-state index contributed by atoms with van der Waals surface area (Å²) in [6.45, 7) is 6.01. The minimum atomic E-state index is -3.75. The monoisotopic (exact) mass is 576 g/mol. The van der Waals surface area contributed by atoms with Gasteiger partial charge in [0, 0.05) is 44.8 Å². The number of rotatable bonds is 7. The van der Waals surface area contributed by atoms with Gasteiger partial charge in [-0.15, -0.1) is 0 Å². The number of hydrogen-bond donors (Lipinski definition) is 1. The van der Waals surface area contributed by atoms with Gasteiger partial charge in [0.15, 0.2) is 0 Å². The molecule has 2 aromatic carbocycles. The summed E-state index contributed by atoms with van der Waals surface area (Å²) in [5, 5.41) is 2.90. The topological polar surface area (TPSA) is 116 Å². The Hall–Kier alpha value is -2.51. The average molecular weight is 577 g/mol. The van der Waals surface area contributed by atoms with Gasteiger partial charge in [-0.2, -0.15) is 8.61 Å². The standard InChI is InChI=1S/C27H36N4O6S2/c1-21-10-14-30(15-11-21)38(33,34)23-6-4-22(5-7-23)27(32)28-25-20-24(8-9-26(25)29-12-2-3-13-29)39(35,36)31-16-18-37-19-17-31/h4-9,20-21H,2-3,10-19H2,1H3,(H,28,32). The van der Waals surface area contributed by atoms with Gasteiger partial charge in [0.1, 0.15) is 0 Å². The molecular formula is C27H36N4O6S2. The van der Waals surface area contributed by atoms with Crippen LogP contribution in [0.5, 0.6) is 0 Å². The van der Waals surface area contributed by atoms with Crippen molar-refractivity contribution in [3.63, 3.8) is 0 Å². The second kappa shape index (κ2) is 11.5. The molecular weight excluding hydrogens is 540 g/mol. The van der Waals surface area contributed by atoms with Crippen LogP contribution in [-0.4, -0.2) is 83.8 Å². The van der Waals surface area contributed by atoms with E-state index in [1.165, 1.54) is 38.9 Å². The number of nitrogens with zero attached hydrogens (tertiary/aromatic N) is 3. The predicted octanol–water partition coefficient (Wildman–Crippen LogP) is 2.98. The molecule has 1 N–H and O–H groups in total. The van der Waals surface area contributed by atoms with Crippen LogP contribution < -0.4 is 10.2 Å². The van der Waals surface area contributed by atoms with Crippen molar-refractivity contribution in [2.24, 2.45) is 5.92 Å². The van der Waals surface area contributed by atoms with Crippen LogP contribution in [0.4, 0.5) is 11.4 Å². The number of hydrogen-bond acceptors (Lipinski definition) is 7. The normalized spacial score (nSPS) is 20.3. The lowest BCUT2D eigenvalue weighted by Gasteiger charge is -2.29. The number of benzene rings is 2. The van der Waals surface area contributed by atoms with Gasteiger partial charge in [-0.05, 0) is 74.1 Å². The average Bonchev–Trinajstić information content (AvgIpc) is 3.49. The molecule has 3 saturated heterocycles. The highest BCUT2D eigenvalue weighted by molar-refractivity contribution is 7.89. The summed E-state index contributed by atoms with van der Waals surface area (Å²) in [5.74, 6) is 0.0717. The molecule has 3 aliphatic heterocycles. The fourth-order valence-corrected chi connectivity index (χ4v) is 8.20. The smallest absolute Gasteiger partial charge is 0.255 e. The van der Waals surface area contributed by atoms with Crippen LogP contribution >= 0.6 is 0 Å². The molecule has 39 heavy (non-hydrogen) atoms. The van der Waals surface area contributed by atoms with Crippen LogP contribution in [-0.2, 0) is 24.8 Å². The summed E-state index contributed by atoms with van der Waals surface area (Å²) in [7, 11) is -7.37. The zero-order chi connectivity index (χ0) is 27.6. The fraction of sp³-hybridized carbons (Fsp3) is 0.519. The lowest BCUT2D eigenvalue weighted by molar-refractivity contribution is 0.0730. The van der Waals surface area contributed by atoms with Crippen molar-refractivity contribution in [2.45, 2.75) is 42.4 Å². The highest BCUT2D eigenvalue weighted by atomic mass is 32.2. The van der Waals surface area contributed by atoms with Gasteiger partial charge in [0.2, 0.25) is 20.0 Å². The molecule has 0 saturated carbocycles. The molecule has 0 aliphatic carbocycles. The van der Waals surface area contributed by atoms with Gasteiger partial charge in [-0.3, -0.25) is 4.79 Å². The summed E-state index contributed by atoms with van der Waals surface area (Å²) in [6.07, 6.45) is 3.71. The van der Waals surface area contributed by atoms with Gasteiger partial charge in [0.25, 0.3) is 5.91 Å². The summed E-state index contributed by atoms with van der Waals surface area (Å²) in [4.78, 5) is 15.7. The number of anilines is 2. The number of morpholine rings is 1. The van der Waals surface area contributed by atoms with Crippen molar-refractivity contribution in [3.8, 4) is 0 Å². The minimum Gasteiger partial charge on any atom is -0.379 e. The van der Waals surface area contributed by atoms with Crippen molar-refractivity contribution in [3.05, 3.63) is 48.0 Å². The first-order valence-electron chi connectivity index (χ1n) is 13.5. The maximum Gasteiger partial charge on any atom is 0.255 e. The van der Waals surface area contributed by atoms with E-state index in [4.69, 9.17) is 4.74 Å². The SMILES string of the molecule is CC1CCN(S(=O)(=O)c2ccc(C(=O)Nc3cc(S(=O)(=O)N4CCOCC4)ccc3N3CCCC3)cc2)CC1. The summed E-state index contributed by atoms with van der Waals surface area (Å²) >= 11 is 0. The van der Waals surface area contributed by atoms with Crippen molar-refractivity contribution in [2.75, 3.05) is 62.7 Å². The Morgan fingerprint density at radius 1 is 0.795 bits per heavy atom. The van der Waals surface area contributed by atoms with Crippen molar-refractivity contribution in [1.29, 1.82) is 0 Å². The Balaban J connectivity index is 1.38. The van der Waals surface area contributed by atoms with E-state index in [9.17, 15) is 21.6 Å². The number of carbonyl (C=O) groups excluding carboxylic acids is 1. The first-order valence-corrected chi connectivity index (χ1v) is 16.4. The number of carbonyl (C=O) groups is 1. The summed E-state index contributed by atoms with van der Waals surface area (Å²) < 4.78 is 60.9. The molecule has 0 bridgehead atoms. The lowest BCUT2D eigenvalue weighted by atomic mass is 10.0. The van der Waals surface area contributed by atoms with Crippen LogP contribution in [0.25, 0.3) is 0 Å². The lowest BCUT2D eigenvalue weighted by Crippen LogP contribution is -2.40. The molecule has 0 atom stereocenters. The second-order valence-corrected chi connectivity index (χ2v) is 14.3. The van der Waals surface area contributed by atoms with Gasteiger partial charge in [0.05, 0.1) is 34.4 Å². The highest BCUT2D eigenvalue weighted by Gasteiger charge is 2.30. The molecule has 0 unspecified atom stereocenters. The Bertz CT molecular complexity index is 1390. The van der Waals surface area contributed by atoms with Crippen LogP contribution in [0.1, 0.15) is 43.0 Å². The van der Waals surface area contributed by atoms with E-state index in [0.717, 1.165) is 44.5 Å². The first kappa shape index (κ1) is 28.0. The van der Waals surface area contributed by atoms with E-state index < -0.39 is 26.0 Å². The van der Waals surface area contributed by atoms with Crippen LogP contribution in [0.15, 0.2) is 52.3 Å². The Morgan fingerprint density at radius 3 is 2.00 bits per heavy atom. The summed E-state index contributed by atoms with van der Waals surface area (Å²) in [5.41, 5.74) is 1.46. The van der Waals surface area contributed by atoms with Gasteiger partial charge in [-0.25, -0.2) is 16.8 Å². The molecule has 10 nitrogen and oxygen atoms in total.